The molecule has 0 aromatic rings. The van der Waals surface area contributed by atoms with Crippen LogP contribution in [0.5, 0.6) is 0 Å². The second-order valence-electron chi connectivity index (χ2n) is 1.75. The van der Waals surface area contributed by atoms with E-state index in [0.717, 1.165) is 0 Å². The quantitative estimate of drug-likeness (QED) is 0.530. The SMILES string of the molecule is C#COCC1(CO)N=N1. The topological polar surface area (TPSA) is 54.2 Å². The lowest BCUT2D eigenvalue weighted by molar-refractivity contribution is 0.165. The van der Waals surface area contributed by atoms with E-state index in [9.17, 15) is 0 Å². The van der Waals surface area contributed by atoms with Crippen molar-refractivity contribution in [3.63, 3.8) is 0 Å². The van der Waals surface area contributed by atoms with Crippen LogP contribution in [0.15, 0.2) is 10.2 Å². The molecule has 0 unspecified atom stereocenters. The molecule has 1 aliphatic rings. The predicted molar refractivity (Wildman–Crippen MR) is 29.5 cm³/mol. The molecule has 0 fully saturated rings. The van der Waals surface area contributed by atoms with Gasteiger partial charge in [0.05, 0.1) is 6.61 Å². The van der Waals surface area contributed by atoms with E-state index in [1.807, 2.05) is 6.11 Å². The van der Waals surface area contributed by atoms with Crippen LogP contribution in [0.25, 0.3) is 0 Å². The Bertz CT molecular complexity index is 164. The molecule has 9 heavy (non-hydrogen) atoms. The second-order valence-corrected chi connectivity index (χ2v) is 1.75. The Morgan fingerprint density at radius 2 is 2.33 bits per heavy atom. The fraction of sp³-hybridized carbons (Fsp3) is 0.600. The lowest BCUT2D eigenvalue weighted by Crippen LogP contribution is -2.22. The van der Waals surface area contributed by atoms with E-state index in [4.69, 9.17) is 11.5 Å². The average molecular weight is 126 g/mol. The molecule has 0 aliphatic carbocycles. The van der Waals surface area contributed by atoms with Crippen molar-refractivity contribution in [2.24, 2.45) is 10.2 Å². The van der Waals surface area contributed by atoms with Gasteiger partial charge in [0.15, 0.2) is 6.61 Å². The molecule has 0 saturated heterocycles. The standard InChI is InChI=1S/C5H6N2O2/c1-2-9-4-5(3-8)6-7-5/h1,8H,3-4H2. The van der Waals surface area contributed by atoms with Crippen molar-refractivity contribution in [2.75, 3.05) is 13.2 Å². The van der Waals surface area contributed by atoms with Gasteiger partial charge < -0.3 is 9.84 Å². The van der Waals surface area contributed by atoms with Gasteiger partial charge in [-0.15, -0.1) is 0 Å². The van der Waals surface area contributed by atoms with E-state index in [0.29, 0.717) is 0 Å². The predicted octanol–water partition coefficient (Wildman–Crippen LogP) is -0.252. The van der Waals surface area contributed by atoms with Gasteiger partial charge in [0.25, 0.3) is 0 Å². The summed E-state index contributed by atoms with van der Waals surface area (Å²) < 4.78 is 4.53. The first kappa shape index (κ1) is 6.05. The molecule has 0 spiro atoms. The fourth-order valence-electron chi connectivity index (χ4n) is 0.395. The molecule has 1 aliphatic heterocycles. The van der Waals surface area contributed by atoms with E-state index in [-0.39, 0.29) is 13.2 Å². The first-order chi connectivity index (χ1) is 4.33. The van der Waals surface area contributed by atoms with E-state index in [2.05, 4.69) is 15.0 Å². The summed E-state index contributed by atoms with van der Waals surface area (Å²) in [4.78, 5) is 0. The van der Waals surface area contributed by atoms with Gasteiger partial charge in [-0.3, -0.25) is 0 Å². The van der Waals surface area contributed by atoms with Gasteiger partial charge >= 0.3 is 0 Å². The van der Waals surface area contributed by atoms with E-state index in [1.165, 1.54) is 0 Å². The Balaban J connectivity index is 2.20. The summed E-state index contributed by atoms with van der Waals surface area (Å²) >= 11 is 0. The lowest BCUT2D eigenvalue weighted by Gasteiger charge is -2.01. The van der Waals surface area contributed by atoms with Crippen molar-refractivity contribution in [2.45, 2.75) is 5.66 Å². The maximum Gasteiger partial charge on any atom is 0.247 e. The highest BCUT2D eigenvalue weighted by Crippen LogP contribution is 2.26. The third-order valence-electron chi connectivity index (χ3n) is 1.02. The Hall–Kier alpha value is -1.08. The summed E-state index contributed by atoms with van der Waals surface area (Å²) in [5, 5.41) is 15.6. The Labute approximate surface area is 52.5 Å². The molecule has 0 amide bonds. The van der Waals surface area contributed by atoms with Gasteiger partial charge in [-0.2, -0.15) is 10.2 Å². The van der Waals surface area contributed by atoms with Crippen LogP contribution in [0.1, 0.15) is 0 Å². The van der Waals surface area contributed by atoms with Crippen molar-refractivity contribution in [1.82, 2.24) is 0 Å². The van der Waals surface area contributed by atoms with Crippen LogP contribution in [-0.2, 0) is 4.74 Å². The molecule has 48 valence electrons. The summed E-state index contributed by atoms with van der Waals surface area (Å²) in [6.07, 6.45) is 6.75. The number of terminal acetylenes is 1. The molecule has 4 nitrogen and oxygen atoms in total. The molecule has 0 bridgehead atoms. The minimum atomic E-state index is -0.716. The first-order valence-electron chi connectivity index (χ1n) is 2.45. The molecule has 0 saturated carbocycles. The maximum absolute atomic E-state index is 8.55. The third kappa shape index (κ3) is 1.18. The fourth-order valence-corrected chi connectivity index (χ4v) is 0.395. The van der Waals surface area contributed by atoms with Gasteiger partial charge in [-0.1, -0.05) is 6.42 Å². The first-order valence-corrected chi connectivity index (χ1v) is 2.45. The van der Waals surface area contributed by atoms with Crippen LogP contribution in [0, 0.1) is 12.5 Å². The molecule has 1 rings (SSSR count). The molecule has 0 radical (unpaired) electrons. The van der Waals surface area contributed by atoms with Crippen molar-refractivity contribution < 1.29 is 9.84 Å². The maximum atomic E-state index is 8.55. The van der Waals surface area contributed by atoms with Gasteiger partial charge in [0, 0.05) is 0 Å². The molecule has 4 heteroatoms. The van der Waals surface area contributed by atoms with E-state index < -0.39 is 5.66 Å². The molecule has 0 aromatic carbocycles. The highest BCUT2D eigenvalue weighted by molar-refractivity contribution is 4.93. The number of hydrogen-bond acceptors (Lipinski definition) is 4. The molecule has 0 atom stereocenters. The largest absolute Gasteiger partial charge is 0.442 e. The highest BCUT2D eigenvalue weighted by atomic mass is 16.5. The zero-order valence-corrected chi connectivity index (χ0v) is 4.74. The van der Waals surface area contributed by atoms with Gasteiger partial charge in [-0.05, 0) is 0 Å². The Kier molecular flexibility index (Phi) is 1.37. The number of hydrogen-bond donors (Lipinski definition) is 1. The van der Waals surface area contributed by atoms with Crippen molar-refractivity contribution >= 4 is 0 Å². The molecule has 0 aromatic heterocycles. The number of aliphatic hydroxyl groups excluding tert-OH is 1. The second kappa shape index (κ2) is 2.03. The van der Waals surface area contributed by atoms with Gasteiger partial charge in [0.2, 0.25) is 5.66 Å². The summed E-state index contributed by atoms with van der Waals surface area (Å²) in [5.74, 6) is 0. The van der Waals surface area contributed by atoms with Gasteiger partial charge in [0.1, 0.15) is 6.11 Å². The summed E-state index contributed by atoms with van der Waals surface area (Å²) in [5.41, 5.74) is -0.716. The Morgan fingerprint density at radius 3 is 2.67 bits per heavy atom. The zero-order valence-electron chi connectivity index (χ0n) is 4.74. The number of nitrogens with zero attached hydrogens (tertiary/aromatic N) is 2. The van der Waals surface area contributed by atoms with Crippen LogP contribution < -0.4 is 0 Å². The molecular weight excluding hydrogens is 120 g/mol. The molecule has 1 N–H and O–H groups in total. The van der Waals surface area contributed by atoms with Crippen molar-refractivity contribution in [3.8, 4) is 12.5 Å². The third-order valence-corrected chi connectivity index (χ3v) is 1.02. The smallest absolute Gasteiger partial charge is 0.247 e. The molecule has 1 heterocycles. The minimum Gasteiger partial charge on any atom is -0.442 e. The van der Waals surface area contributed by atoms with Crippen LogP contribution in [0.4, 0.5) is 0 Å². The van der Waals surface area contributed by atoms with Crippen LogP contribution in [-0.4, -0.2) is 24.0 Å². The highest BCUT2D eigenvalue weighted by Gasteiger charge is 2.40. The zero-order chi connectivity index (χ0) is 6.74. The van der Waals surface area contributed by atoms with Crippen LogP contribution >= 0.6 is 0 Å². The van der Waals surface area contributed by atoms with Gasteiger partial charge in [-0.25, -0.2) is 0 Å². The minimum absolute atomic E-state index is 0.130. The summed E-state index contributed by atoms with van der Waals surface area (Å²) in [6.45, 7) is 0.0503. The summed E-state index contributed by atoms with van der Waals surface area (Å²) in [6, 6.07) is 0. The van der Waals surface area contributed by atoms with Crippen LogP contribution in [0.3, 0.4) is 0 Å². The number of aliphatic hydroxyl groups is 1. The summed E-state index contributed by atoms with van der Waals surface area (Å²) in [7, 11) is 0. The normalized spacial score (nSPS) is 18.7. The Morgan fingerprint density at radius 1 is 1.67 bits per heavy atom. The van der Waals surface area contributed by atoms with E-state index in [1.54, 1.807) is 0 Å². The monoisotopic (exact) mass is 126 g/mol. The van der Waals surface area contributed by atoms with Crippen LogP contribution in [0.2, 0.25) is 0 Å². The van der Waals surface area contributed by atoms with Crippen molar-refractivity contribution in [3.05, 3.63) is 0 Å². The van der Waals surface area contributed by atoms with E-state index >= 15 is 0 Å². The number of ether oxygens (including phenoxy) is 1. The lowest BCUT2D eigenvalue weighted by atomic mass is 10.3. The number of rotatable bonds is 3. The average Bonchev–Trinajstić information content (AvgIpc) is 2.65. The van der Waals surface area contributed by atoms with Crippen molar-refractivity contribution in [1.29, 1.82) is 0 Å². The molecular formula is C5H6N2O2.